The van der Waals surface area contributed by atoms with Crippen LogP contribution < -0.4 is 9.47 Å². The molecule has 10 aromatic heterocycles. The third-order valence-electron chi connectivity index (χ3n) is 27.4. The second-order valence-corrected chi connectivity index (χ2v) is 47.3. The van der Waals surface area contributed by atoms with E-state index in [2.05, 4.69) is 410 Å². The molecular formula is C129H148N4O2S6. The molecular weight excluding hydrogens is 1830 g/mol. The summed E-state index contributed by atoms with van der Waals surface area (Å²) < 4.78 is 25.4. The Balaban J connectivity index is 0.000000144. The van der Waals surface area contributed by atoms with Crippen LogP contribution in [0.3, 0.4) is 0 Å². The first kappa shape index (κ1) is 107. The molecule has 0 fully saturated rings. The van der Waals surface area contributed by atoms with Crippen LogP contribution in [0.5, 0.6) is 11.5 Å². The lowest BCUT2D eigenvalue weighted by molar-refractivity contribution is 0.260. The molecule has 0 atom stereocenters. The Kier molecular flexibility index (Phi) is 32.5. The summed E-state index contributed by atoms with van der Waals surface area (Å²) in [6, 6.07) is 77.6. The van der Waals surface area contributed by atoms with Crippen molar-refractivity contribution in [2.24, 2.45) is 33.0 Å². The molecule has 6 nitrogen and oxygen atoms in total. The van der Waals surface area contributed by atoms with Gasteiger partial charge in [-0.25, -0.2) is 0 Å². The highest BCUT2D eigenvalue weighted by Crippen LogP contribution is 2.55. The molecule has 3 aliphatic rings. The monoisotopic (exact) mass is 1980 g/mol. The first-order chi connectivity index (χ1) is 64.6. The summed E-state index contributed by atoms with van der Waals surface area (Å²) in [5, 5.41) is 13.6. The van der Waals surface area contributed by atoms with Crippen LogP contribution in [0.2, 0.25) is 0 Å². The van der Waals surface area contributed by atoms with Crippen molar-refractivity contribution >= 4 is 199 Å². The van der Waals surface area contributed by atoms with Crippen LogP contribution in [0.4, 0.5) is 0 Å². The number of allylic oxidation sites excluding steroid dienone is 2. The predicted molar refractivity (Wildman–Crippen MR) is 638 cm³/mol. The second-order valence-electron chi connectivity index (χ2n) is 39.7. The van der Waals surface area contributed by atoms with Crippen molar-refractivity contribution in [3.63, 3.8) is 0 Å². The first-order valence-electron chi connectivity index (χ1n) is 47.8. The van der Waals surface area contributed by atoms with E-state index in [0.717, 1.165) is 44.0 Å². The molecule has 21 aromatic rings. The average Bonchev–Trinajstić information content (AvgIpc) is 1.57. The molecule has 0 saturated carbocycles. The standard InChI is InChI=1S/C30H34O2S2.C24H22S4.C22H20N2.C17H19N.C15H15N.C15H14.6CH4/c1-17(2)15-31-29-23-11-21(27-9-7-19(5)33-27)13-25(23)30(32-16-18(3)4)26-14-22(12-24(26)29)28-10-8-20(6)34-28;1-11-7-19(27-15(11)5)21-17-9-13(3)26-24(17)22(18-10-14(4)25-23(18)21)20-8-12(2)16(6)28-20;1-13-5-7-15-17-11-22-18(12-21(17)23(3)19(15)9-13)16-8-6-14(2)10-20(16)24(22)4;1-11(2)18-16-9-12(3)5-7-14(16)15-8-6-13(4)10-17(15)18;1-10-4-6-12-13-7-5-11(2)9-15(13)16(3)14(12)8-10;1-10-3-5-14-12(7-10)9-13-8-11(2)4-6-15(13)14;;;;;;/h7-11,14,17-18H,12-13,15-16H2,1-6H3;7-10H,1-6H3;5-12H,1-4H3;5-11H,1-4H3;4-9H,1-3H3;3-8H,9H2,1-2H3;6*1H4. The number of thiophene rings is 6. The van der Waals surface area contributed by atoms with Crippen molar-refractivity contribution in [1.29, 1.82) is 0 Å². The Bertz CT molecular complexity index is 7800. The van der Waals surface area contributed by atoms with Crippen LogP contribution in [0.25, 0.3) is 163 Å². The molecule has 0 aliphatic heterocycles. The summed E-state index contributed by atoms with van der Waals surface area (Å²) in [6.07, 6.45) is 7.64. The third-order valence-corrected chi connectivity index (χ3v) is 34.0. The van der Waals surface area contributed by atoms with Gasteiger partial charge in [0.05, 0.1) is 13.2 Å². The van der Waals surface area contributed by atoms with Gasteiger partial charge in [-0.1, -0.05) is 193 Å². The van der Waals surface area contributed by atoms with E-state index < -0.39 is 0 Å². The molecule has 0 spiro atoms. The fourth-order valence-corrected chi connectivity index (χ4v) is 26.7. The summed E-state index contributed by atoms with van der Waals surface area (Å²) in [6.45, 7) is 49.8. The maximum absolute atomic E-state index is 6.59. The van der Waals surface area contributed by atoms with Gasteiger partial charge in [-0.15, -0.1) is 68.0 Å². The Hall–Kier alpha value is -11.6. The minimum atomic E-state index is 0. The zero-order chi connectivity index (χ0) is 94.9. The van der Waals surface area contributed by atoms with Gasteiger partial charge >= 0.3 is 0 Å². The van der Waals surface area contributed by atoms with Crippen molar-refractivity contribution in [3.05, 3.63) is 334 Å². The molecule has 12 heteroatoms. The number of benzene rings is 11. The van der Waals surface area contributed by atoms with Gasteiger partial charge in [0, 0.05) is 230 Å². The third kappa shape index (κ3) is 20.5. The Morgan fingerprint density at radius 1 is 0.277 bits per heavy atom. The number of rotatable bonds is 11. The van der Waals surface area contributed by atoms with E-state index in [1.54, 1.807) is 0 Å². The maximum Gasteiger partial charge on any atom is 0.131 e. The molecule has 0 radical (unpaired) electrons. The minimum absolute atomic E-state index is 0. The molecule has 141 heavy (non-hydrogen) atoms. The molecule has 11 aromatic carbocycles. The van der Waals surface area contributed by atoms with Crippen LogP contribution in [0.1, 0.15) is 220 Å². The normalized spacial score (nSPS) is 12.1. The molecule has 0 bridgehead atoms. The van der Waals surface area contributed by atoms with E-state index in [-0.39, 0.29) is 44.6 Å². The predicted octanol–water partition coefficient (Wildman–Crippen LogP) is 40.3. The fraction of sp³-hybridized carbons (Fsp3) is 0.302. The zero-order valence-corrected chi connectivity index (χ0v) is 88.0. The van der Waals surface area contributed by atoms with E-state index in [1.807, 2.05) is 68.0 Å². The van der Waals surface area contributed by atoms with Gasteiger partial charge in [0.15, 0.2) is 0 Å². The van der Waals surface area contributed by atoms with Gasteiger partial charge in [0.2, 0.25) is 0 Å². The Morgan fingerprint density at radius 3 is 0.872 bits per heavy atom. The number of hydrogen-bond donors (Lipinski definition) is 0. The van der Waals surface area contributed by atoms with Gasteiger partial charge in [-0.05, 0) is 330 Å². The largest absolute Gasteiger partial charge is 0.492 e. The maximum atomic E-state index is 6.59. The van der Waals surface area contributed by atoms with Gasteiger partial charge in [0.25, 0.3) is 0 Å². The summed E-state index contributed by atoms with van der Waals surface area (Å²) in [5.41, 5.74) is 40.5. The molecule has 24 rings (SSSR count). The highest BCUT2D eigenvalue weighted by molar-refractivity contribution is 7.24. The number of hydrogen-bond acceptors (Lipinski definition) is 8. The molecule has 0 unspecified atom stereocenters. The van der Waals surface area contributed by atoms with Gasteiger partial charge in [-0.2, -0.15) is 0 Å². The fourth-order valence-electron chi connectivity index (χ4n) is 20.4. The van der Waals surface area contributed by atoms with Gasteiger partial charge in [-0.3, -0.25) is 0 Å². The van der Waals surface area contributed by atoms with E-state index in [9.17, 15) is 0 Å². The topological polar surface area (TPSA) is 38.2 Å². The van der Waals surface area contributed by atoms with Crippen molar-refractivity contribution in [3.8, 4) is 43.5 Å². The Morgan fingerprint density at radius 2 is 0.574 bits per heavy atom. The molecule has 732 valence electrons. The van der Waals surface area contributed by atoms with E-state index in [4.69, 9.17) is 9.47 Å². The summed E-state index contributed by atoms with van der Waals surface area (Å²) in [4.78, 5) is 13.8. The Labute approximate surface area is 865 Å². The van der Waals surface area contributed by atoms with Crippen molar-refractivity contribution in [2.45, 2.75) is 222 Å². The number of aryl methyl sites for hydroxylation is 19. The quantitative estimate of drug-likeness (QED) is 0.129. The molecule has 3 aliphatic carbocycles. The van der Waals surface area contributed by atoms with Crippen LogP contribution in [-0.4, -0.2) is 31.5 Å². The summed E-state index contributed by atoms with van der Waals surface area (Å²) in [5.74, 6) is 3.08. The zero-order valence-electron chi connectivity index (χ0n) is 83.1. The van der Waals surface area contributed by atoms with Crippen molar-refractivity contribution in [1.82, 2.24) is 18.3 Å². The number of fused-ring (bicyclic) bond motifs is 19. The molecule has 0 amide bonds. The average molecular weight is 1980 g/mol. The van der Waals surface area contributed by atoms with E-state index in [1.165, 1.54) is 279 Å². The van der Waals surface area contributed by atoms with Crippen LogP contribution in [-0.2, 0) is 40.4 Å². The van der Waals surface area contributed by atoms with Crippen molar-refractivity contribution < 1.29 is 9.47 Å². The highest BCUT2D eigenvalue weighted by atomic mass is 32.1. The lowest BCUT2D eigenvalue weighted by Crippen LogP contribution is -2.11. The summed E-state index contributed by atoms with van der Waals surface area (Å²) >= 11 is 11.5. The summed E-state index contributed by atoms with van der Waals surface area (Å²) in [7, 11) is 6.49. The van der Waals surface area contributed by atoms with E-state index >= 15 is 0 Å². The van der Waals surface area contributed by atoms with Gasteiger partial charge < -0.3 is 27.7 Å². The first-order valence-corrected chi connectivity index (χ1v) is 52.7. The van der Waals surface area contributed by atoms with Crippen LogP contribution in [0.15, 0.2) is 206 Å². The second kappa shape index (κ2) is 42.9. The highest BCUT2D eigenvalue weighted by Gasteiger charge is 2.34. The minimum Gasteiger partial charge on any atom is -0.492 e. The van der Waals surface area contributed by atoms with Crippen LogP contribution in [0, 0.1) is 123 Å². The number of ether oxygens (including phenoxy) is 2. The van der Waals surface area contributed by atoms with Crippen molar-refractivity contribution in [2.75, 3.05) is 13.2 Å². The van der Waals surface area contributed by atoms with Gasteiger partial charge in [0.1, 0.15) is 11.5 Å². The molecule has 0 N–H and O–H groups in total. The smallest absolute Gasteiger partial charge is 0.131 e. The van der Waals surface area contributed by atoms with Crippen LogP contribution >= 0.6 is 68.0 Å². The number of aromatic nitrogens is 4. The lowest BCUT2D eigenvalue weighted by atomic mass is 9.97. The number of nitrogens with zero attached hydrogens (tertiary/aromatic N) is 4. The SMILES string of the molecule is C.C.C.C.C.C.Cc1cc2c(-c3cc(C)c(C)s3)c3sc(C)cc3c(-c3cc(C)c(C)s3)c2s1.Cc1ccc(C2=Cc3c(c(OCC(C)C)c4c(c3OCC(C)C)CC(c3ccc(C)s3)=C4)C2)s1.Cc1ccc2c(c1)Cc1cc(C)ccc1-2.Cc1ccc2c3cc4c(cc3n(C)c2c1)c1ccc(C)cc1n4C.Cc1ccc2c3ccc(C)cc3n(C(C)C)c2c1.Cc1ccc2c3ccc(C)cc3n(C)c2c1. The lowest BCUT2D eigenvalue weighted by Gasteiger charge is -2.21. The molecule has 10 heterocycles. The molecule has 0 saturated heterocycles. The van der Waals surface area contributed by atoms with E-state index in [0.29, 0.717) is 17.9 Å².